The predicted octanol–water partition coefficient (Wildman–Crippen LogP) is 2.54. The number of benzene rings is 2. The van der Waals surface area contributed by atoms with Crippen molar-refractivity contribution in [1.29, 1.82) is 0 Å². The second-order valence-corrected chi connectivity index (χ2v) is 7.00. The van der Waals surface area contributed by atoms with E-state index in [1.54, 1.807) is 30.3 Å². The monoisotopic (exact) mass is 411 g/mol. The standard InChI is InChI=1S/C19H19F2NO5S/c1-28(25)16-5-3-2-4-15(16)18(24)26-12-17(23)22-11-10-13-6-8-14(9-7-13)27-19(20)21/h2-9,19H,10-12H2,1H3,(H,22,23)/t28-/m0/s1. The van der Waals surface area contributed by atoms with E-state index in [1.165, 1.54) is 24.5 Å². The summed E-state index contributed by atoms with van der Waals surface area (Å²) in [6.45, 7) is -3.07. The van der Waals surface area contributed by atoms with Gasteiger partial charge in [-0.25, -0.2) is 4.79 Å². The lowest BCUT2D eigenvalue weighted by Crippen LogP contribution is -2.30. The van der Waals surface area contributed by atoms with Gasteiger partial charge in [0.2, 0.25) is 0 Å². The van der Waals surface area contributed by atoms with Crippen LogP contribution < -0.4 is 10.1 Å². The van der Waals surface area contributed by atoms with E-state index in [0.29, 0.717) is 11.3 Å². The minimum atomic E-state index is -2.88. The molecule has 2 aromatic carbocycles. The first-order valence-electron chi connectivity index (χ1n) is 8.27. The first kappa shape index (κ1) is 21.5. The Hall–Kier alpha value is -2.81. The van der Waals surface area contributed by atoms with Crippen molar-refractivity contribution in [2.24, 2.45) is 0 Å². The number of alkyl halides is 2. The van der Waals surface area contributed by atoms with Crippen LogP contribution in [0.2, 0.25) is 0 Å². The summed E-state index contributed by atoms with van der Waals surface area (Å²) in [6, 6.07) is 12.4. The molecule has 0 aliphatic heterocycles. The quantitative estimate of drug-likeness (QED) is 0.642. The van der Waals surface area contributed by atoms with E-state index in [1.807, 2.05) is 0 Å². The average Bonchev–Trinajstić information content (AvgIpc) is 2.67. The minimum absolute atomic E-state index is 0.0583. The van der Waals surface area contributed by atoms with Crippen LogP contribution in [0.15, 0.2) is 53.4 Å². The minimum Gasteiger partial charge on any atom is -0.452 e. The molecule has 1 amide bonds. The van der Waals surface area contributed by atoms with E-state index in [4.69, 9.17) is 4.74 Å². The Labute approximate surface area is 163 Å². The number of rotatable bonds is 9. The largest absolute Gasteiger partial charge is 0.452 e. The summed E-state index contributed by atoms with van der Waals surface area (Å²) in [4.78, 5) is 24.2. The number of esters is 1. The van der Waals surface area contributed by atoms with Gasteiger partial charge < -0.3 is 14.8 Å². The maximum atomic E-state index is 12.1. The van der Waals surface area contributed by atoms with Crippen LogP contribution in [-0.2, 0) is 26.8 Å². The Bertz CT molecular complexity index is 842. The van der Waals surface area contributed by atoms with E-state index in [0.717, 1.165) is 5.56 Å². The molecular weight excluding hydrogens is 392 g/mol. The fraction of sp³-hybridized carbons (Fsp3) is 0.263. The molecule has 0 heterocycles. The molecule has 0 bridgehead atoms. The van der Waals surface area contributed by atoms with Crippen LogP contribution in [0.5, 0.6) is 5.75 Å². The van der Waals surface area contributed by atoms with Crippen molar-refractivity contribution < 1.29 is 32.1 Å². The van der Waals surface area contributed by atoms with Crippen molar-refractivity contribution in [1.82, 2.24) is 5.32 Å². The third-order valence-corrected chi connectivity index (χ3v) is 4.61. The zero-order chi connectivity index (χ0) is 20.5. The smallest absolute Gasteiger partial charge is 0.387 e. The second kappa shape index (κ2) is 10.5. The lowest BCUT2D eigenvalue weighted by molar-refractivity contribution is -0.124. The predicted molar refractivity (Wildman–Crippen MR) is 98.8 cm³/mol. The maximum absolute atomic E-state index is 12.1. The van der Waals surface area contributed by atoms with Crippen LogP contribution in [-0.4, -0.2) is 42.1 Å². The van der Waals surface area contributed by atoms with Gasteiger partial charge in [-0.2, -0.15) is 8.78 Å². The molecule has 1 atom stereocenters. The Kier molecular flexibility index (Phi) is 8.06. The number of nitrogens with one attached hydrogen (secondary N) is 1. The van der Waals surface area contributed by atoms with Gasteiger partial charge in [-0.05, 0) is 36.2 Å². The maximum Gasteiger partial charge on any atom is 0.387 e. The number of amides is 1. The van der Waals surface area contributed by atoms with Crippen molar-refractivity contribution in [3.05, 3.63) is 59.7 Å². The SMILES string of the molecule is C[S@](=O)c1ccccc1C(=O)OCC(=O)NCCc1ccc(OC(F)F)cc1. The fourth-order valence-corrected chi connectivity index (χ4v) is 3.06. The topological polar surface area (TPSA) is 81.7 Å². The van der Waals surface area contributed by atoms with Crippen molar-refractivity contribution in [3.63, 3.8) is 0 Å². The average molecular weight is 411 g/mol. The van der Waals surface area contributed by atoms with Gasteiger partial charge in [0.15, 0.2) is 6.61 Å². The first-order valence-corrected chi connectivity index (χ1v) is 9.82. The summed E-state index contributed by atoms with van der Waals surface area (Å²) < 4.78 is 45.0. The molecule has 0 saturated carbocycles. The van der Waals surface area contributed by atoms with Gasteiger partial charge in [0.25, 0.3) is 5.91 Å². The molecule has 0 radical (unpaired) electrons. The van der Waals surface area contributed by atoms with Gasteiger partial charge in [0.05, 0.1) is 21.3 Å². The van der Waals surface area contributed by atoms with Crippen molar-refractivity contribution >= 4 is 22.7 Å². The van der Waals surface area contributed by atoms with Crippen molar-refractivity contribution in [3.8, 4) is 5.75 Å². The van der Waals surface area contributed by atoms with Crippen LogP contribution in [0.4, 0.5) is 8.78 Å². The van der Waals surface area contributed by atoms with E-state index >= 15 is 0 Å². The Morgan fingerprint density at radius 1 is 1.11 bits per heavy atom. The lowest BCUT2D eigenvalue weighted by atomic mass is 10.1. The molecule has 9 heteroatoms. The van der Waals surface area contributed by atoms with Crippen LogP contribution in [0.1, 0.15) is 15.9 Å². The number of halogens is 2. The summed E-state index contributed by atoms with van der Waals surface area (Å²) in [5.74, 6) is -1.15. The molecule has 0 saturated heterocycles. The third kappa shape index (κ3) is 6.73. The fourth-order valence-electron chi connectivity index (χ4n) is 2.33. The van der Waals surface area contributed by atoms with Crippen molar-refractivity contribution in [2.45, 2.75) is 17.9 Å². The Morgan fingerprint density at radius 3 is 2.43 bits per heavy atom. The first-order chi connectivity index (χ1) is 13.4. The highest BCUT2D eigenvalue weighted by molar-refractivity contribution is 7.84. The third-order valence-electron chi connectivity index (χ3n) is 3.64. The highest BCUT2D eigenvalue weighted by Gasteiger charge is 2.16. The zero-order valence-electron chi connectivity index (χ0n) is 15.0. The summed E-state index contributed by atoms with van der Waals surface area (Å²) >= 11 is 0. The van der Waals surface area contributed by atoms with Crippen LogP contribution in [0.25, 0.3) is 0 Å². The number of ether oxygens (including phenoxy) is 2. The normalized spacial score (nSPS) is 11.7. The van der Waals surface area contributed by atoms with Crippen LogP contribution in [0.3, 0.4) is 0 Å². The highest BCUT2D eigenvalue weighted by Crippen LogP contribution is 2.15. The summed E-state index contributed by atoms with van der Waals surface area (Å²) in [5, 5.41) is 2.59. The highest BCUT2D eigenvalue weighted by atomic mass is 32.2. The Balaban J connectivity index is 1.76. The molecule has 0 aromatic heterocycles. The van der Waals surface area contributed by atoms with E-state index in [9.17, 15) is 22.6 Å². The lowest BCUT2D eigenvalue weighted by Gasteiger charge is -2.09. The van der Waals surface area contributed by atoms with E-state index < -0.39 is 35.9 Å². The Morgan fingerprint density at radius 2 is 1.79 bits per heavy atom. The molecule has 0 unspecified atom stereocenters. The van der Waals surface area contributed by atoms with Gasteiger partial charge in [-0.15, -0.1) is 0 Å². The summed E-state index contributed by atoms with van der Waals surface area (Å²) in [6.07, 6.45) is 1.91. The van der Waals surface area contributed by atoms with Crippen molar-refractivity contribution in [2.75, 3.05) is 19.4 Å². The van der Waals surface area contributed by atoms with Gasteiger partial charge >= 0.3 is 12.6 Å². The molecule has 28 heavy (non-hydrogen) atoms. The molecule has 150 valence electrons. The molecule has 6 nitrogen and oxygen atoms in total. The second-order valence-electron chi connectivity index (χ2n) is 5.65. The number of hydrogen-bond donors (Lipinski definition) is 1. The molecule has 2 rings (SSSR count). The van der Waals surface area contributed by atoms with Gasteiger partial charge in [-0.3, -0.25) is 9.00 Å². The zero-order valence-corrected chi connectivity index (χ0v) is 15.8. The molecule has 0 fully saturated rings. The molecule has 1 N–H and O–H groups in total. The number of carbonyl (C=O) groups is 2. The van der Waals surface area contributed by atoms with Crippen LogP contribution in [0, 0.1) is 0 Å². The summed E-state index contributed by atoms with van der Waals surface area (Å²) in [5.41, 5.74) is 0.973. The molecule has 0 aliphatic rings. The van der Waals surface area contributed by atoms with E-state index in [2.05, 4.69) is 10.1 Å². The summed E-state index contributed by atoms with van der Waals surface area (Å²) in [7, 11) is -1.36. The molecule has 2 aromatic rings. The molecule has 0 spiro atoms. The van der Waals surface area contributed by atoms with E-state index in [-0.39, 0.29) is 17.9 Å². The molecular formula is C19H19F2NO5S. The van der Waals surface area contributed by atoms with Gasteiger partial charge in [-0.1, -0.05) is 24.3 Å². The van der Waals surface area contributed by atoms with Gasteiger partial charge in [0, 0.05) is 12.8 Å². The molecule has 0 aliphatic carbocycles. The van der Waals surface area contributed by atoms with Crippen LogP contribution >= 0.6 is 0 Å². The van der Waals surface area contributed by atoms with Gasteiger partial charge in [0.1, 0.15) is 5.75 Å². The number of carbonyl (C=O) groups excluding carboxylic acids is 2. The number of hydrogen-bond acceptors (Lipinski definition) is 5.